The van der Waals surface area contributed by atoms with Crippen LogP contribution in [0.5, 0.6) is 0 Å². The van der Waals surface area contributed by atoms with Gasteiger partial charge in [0.1, 0.15) is 60.4 Å². The average molecular weight is 1250 g/mol. The van der Waals surface area contributed by atoms with Gasteiger partial charge in [-0.2, -0.15) is 0 Å². The summed E-state index contributed by atoms with van der Waals surface area (Å²) in [4.78, 5) is 177. The lowest BCUT2D eigenvalue weighted by molar-refractivity contribution is -0.156. The second-order valence-electron chi connectivity index (χ2n) is 27.3. The molecule has 0 bridgehead atoms. The van der Waals surface area contributed by atoms with Crippen LogP contribution < -0.4 is 0 Å². The zero-order valence-electron chi connectivity index (χ0n) is 53.2. The summed E-state index contributed by atoms with van der Waals surface area (Å²) in [7, 11) is 3.54. The van der Waals surface area contributed by atoms with Crippen LogP contribution in [0.15, 0.2) is 0 Å². The quantitative estimate of drug-likeness (QED) is 0.188. The molecule has 25 nitrogen and oxygen atoms in total. The predicted molar refractivity (Wildman–Crippen MR) is 321 cm³/mol. The number of rotatable bonds is 17. The van der Waals surface area contributed by atoms with Gasteiger partial charge in [0.25, 0.3) is 0 Å². The number of likely N-dealkylation sites (tertiary alicyclic amines) is 10. The van der Waals surface area contributed by atoms with E-state index in [9.17, 15) is 52.7 Å². The Morgan fingerprint density at radius 2 is 0.534 bits per heavy atom. The smallest absolute Gasteiger partial charge is 0.377 e. The van der Waals surface area contributed by atoms with E-state index in [4.69, 9.17) is 13.3 Å². The minimum Gasteiger partial charge on any atom is -0.377 e. The summed E-state index contributed by atoms with van der Waals surface area (Å²) in [5.41, 5.74) is -0.660. The third kappa shape index (κ3) is 12.6. The Bertz CT molecular complexity index is 2680. The summed E-state index contributed by atoms with van der Waals surface area (Å²) in [6.45, 7) is 9.49. The molecule has 0 aromatic heterocycles. The molecule has 0 saturated carbocycles. The zero-order valence-corrected chi connectivity index (χ0v) is 54.2. The second-order valence-corrected chi connectivity index (χ2v) is 30.4. The van der Waals surface area contributed by atoms with Crippen molar-refractivity contribution in [3.8, 4) is 0 Å². The fourth-order valence-corrected chi connectivity index (χ4v) is 18.2. The van der Waals surface area contributed by atoms with Crippen molar-refractivity contribution in [3.05, 3.63) is 0 Å². The van der Waals surface area contributed by atoms with Crippen LogP contribution in [0.25, 0.3) is 0 Å². The van der Waals surface area contributed by atoms with E-state index in [2.05, 4.69) is 0 Å². The maximum absolute atomic E-state index is 14.8. The van der Waals surface area contributed by atoms with E-state index in [1.807, 2.05) is 20.8 Å². The largest absolute Gasteiger partial charge is 0.500 e. The van der Waals surface area contributed by atoms with Gasteiger partial charge in [-0.15, -0.1) is 0 Å². The molecule has 88 heavy (non-hydrogen) atoms. The molecule has 10 fully saturated rings. The van der Waals surface area contributed by atoms with Crippen LogP contribution in [-0.2, 0) is 66.0 Å². The van der Waals surface area contributed by atoms with Gasteiger partial charge < -0.3 is 67.2 Å². The molecule has 26 heteroatoms. The number of carbonyl (C=O) groups is 11. The third-order valence-corrected chi connectivity index (χ3v) is 23.9. The van der Waals surface area contributed by atoms with Crippen LogP contribution in [0.4, 0.5) is 0 Å². The third-order valence-electron chi connectivity index (χ3n) is 21.1. The van der Waals surface area contributed by atoms with E-state index >= 15 is 0 Å². The van der Waals surface area contributed by atoms with Crippen LogP contribution in [0.1, 0.15) is 156 Å². The Hall–Kier alpha value is -5.73. The molecular formula is C62H97N11O14Si. The molecule has 10 aliphatic heterocycles. The van der Waals surface area contributed by atoms with E-state index in [0.717, 1.165) is 0 Å². The van der Waals surface area contributed by atoms with Crippen LogP contribution in [-0.4, -0.2) is 288 Å². The van der Waals surface area contributed by atoms with Gasteiger partial charge in [0.15, 0.2) is 0 Å². The fraction of sp³-hybridized carbons (Fsp3) is 0.823. The Labute approximate surface area is 519 Å². The first-order valence-electron chi connectivity index (χ1n) is 33.1. The monoisotopic (exact) mass is 1250 g/mol. The molecule has 10 saturated heterocycles. The van der Waals surface area contributed by atoms with Crippen molar-refractivity contribution in [2.75, 3.05) is 100 Å². The molecule has 10 aliphatic rings. The molecule has 10 rings (SSSR count). The first kappa shape index (κ1) is 65.2. The SMILES string of the molecule is CO[Si](CCCN(C)C(=O)[C@@H]1CCCN1C(=O)[C@@H]1CCCN1C(=O)[C@@H]1CCCN1C(=O)[C@@H]1CCCN1C(=O)[C@@H]1CCCN1C(=O)[C@@H]1CCCN1C(=O)[C@@H]1CCCN1C(=O)[C@@H]1CCCN1C(=O)[C@@H]1CCCN1C(=O)[C@@H]1CCCN1C(=O)C(C)(C)C)(OC)OC. The minimum absolute atomic E-state index is 0.0936. The standard InChI is InChI=1S/C62H97N11O14Si/c1-62(2,3)61(84)73-39-17-28-50(73)60(83)72-38-16-27-49(72)59(82)71-37-15-26-48(71)58(81)70-36-14-25-47(70)57(80)69-35-13-24-46(69)56(79)68-34-12-23-45(68)55(78)67-33-11-22-44(67)54(77)66-32-10-21-43(66)53(76)65-31-9-20-42(65)52(75)64-30-8-19-41(64)51(74)63(4)29-18-40-88(85-5,86-6)87-7/h41-50H,8-40H2,1-7H3/t41-,42-,43-,44-,45-,46-,47-,48-,49-,50-/m0/s1. The highest BCUT2D eigenvalue weighted by atomic mass is 28.4. The molecule has 0 aromatic carbocycles. The van der Waals surface area contributed by atoms with E-state index in [1.165, 1.54) is 0 Å². The number of nitrogens with zero attached hydrogens (tertiary/aromatic N) is 11. The van der Waals surface area contributed by atoms with Gasteiger partial charge in [-0.25, -0.2) is 0 Å². The van der Waals surface area contributed by atoms with Gasteiger partial charge in [0.05, 0.1) is 0 Å². The highest BCUT2D eigenvalue weighted by Gasteiger charge is 2.53. The lowest BCUT2D eigenvalue weighted by atomic mass is 9.94. The molecule has 488 valence electrons. The number of amides is 11. The topological polar surface area (TPSA) is 251 Å². The zero-order chi connectivity index (χ0) is 62.9. The molecule has 10 atom stereocenters. The van der Waals surface area contributed by atoms with Crippen LogP contribution in [0.2, 0.25) is 6.04 Å². The maximum Gasteiger partial charge on any atom is 0.500 e. The van der Waals surface area contributed by atoms with Crippen molar-refractivity contribution in [1.29, 1.82) is 0 Å². The van der Waals surface area contributed by atoms with Crippen LogP contribution >= 0.6 is 0 Å². The molecule has 10 heterocycles. The molecule has 0 aromatic rings. The fourth-order valence-electron chi connectivity index (χ4n) is 16.5. The molecular weight excluding hydrogens is 1150 g/mol. The molecule has 0 N–H and O–H groups in total. The van der Waals surface area contributed by atoms with Gasteiger partial charge in [0, 0.05) is 112 Å². The Morgan fingerprint density at radius 3 is 0.750 bits per heavy atom. The molecule has 0 aliphatic carbocycles. The minimum atomic E-state index is -2.83. The summed E-state index contributed by atoms with van der Waals surface area (Å²) in [5, 5.41) is 0. The summed E-state index contributed by atoms with van der Waals surface area (Å²) in [5.74, 6) is -2.93. The van der Waals surface area contributed by atoms with Gasteiger partial charge in [0.2, 0.25) is 65.0 Å². The first-order valence-corrected chi connectivity index (χ1v) is 35.1. The van der Waals surface area contributed by atoms with Crippen LogP contribution in [0.3, 0.4) is 0 Å². The highest BCUT2D eigenvalue weighted by Crippen LogP contribution is 2.37. The normalized spacial score (nSPS) is 29.4. The Morgan fingerprint density at radius 1 is 0.341 bits per heavy atom. The molecule has 0 unspecified atom stereocenters. The summed E-state index contributed by atoms with van der Waals surface area (Å²) in [6.07, 6.45) is 11.0. The summed E-state index contributed by atoms with van der Waals surface area (Å²) >= 11 is 0. The van der Waals surface area contributed by atoms with Crippen LogP contribution in [0, 0.1) is 5.41 Å². The lowest BCUT2D eigenvalue weighted by Crippen LogP contribution is -2.59. The van der Waals surface area contributed by atoms with E-state index in [1.54, 1.807) is 82.3 Å². The Balaban J connectivity index is 0.743. The number of hydrogen-bond acceptors (Lipinski definition) is 14. The van der Waals surface area contributed by atoms with Gasteiger partial charge >= 0.3 is 8.80 Å². The van der Waals surface area contributed by atoms with Crippen molar-refractivity contribution in [1.82, 2.24) is 53.9 Å². The van der Waals surface area contributed by atoms with Crippen molar-refractivity contribution in [2.24, 2.45) is 5.41 Å². The van der Waals surface area contributed by atoms with E-state index < -0.39 is 74.6 Å². The maximum atomic E-state index is 14.8. The van der Waals surface area contributed by atoms with E-state index in [-0.39, 0.29) is 65.0 Å². The lowest BCUT2D eigenvalue weighted by Gasteiger charge is -2.38. The summed E-state index contributed by atoms with van der Waals surface area (Å²) in [6, 6.07) is -7.26. The van der Waals surface area contributed by atoms with Crippen molar-refractivity contribution >= 4 is 73.8 Å². The van der Waals surface area contributed by atoms with E-state index in [0.29, 0.717) is 213 Å². The van der Waals surface area contributed by atoms with Crippen molar-refractivity contribution in [2.45, 2.75) is 222 Å². The number of likely N-dealkylation sites (N-methyl/N-ethyl adjacent to an activating group) is 1. The van der Waals surface area contributed by atoms with Crippen molar-refractivity contribution in [3.63, 3.8) is 0 Å². The average Bonchev–Trinajstić information content (AvgIpc) is 2.04. The van der Waals surface area contributed by atoms with Gasteiger partial charge in [-0.05, 0) is 135 Å². The second kappa shape index (κ2) is 27.4. The number of hydrogen-bond donors (Lipinski definition) is 0. The summed E-state index contributed by atoms with van der Waals surface area (Å²) < 4.78 is 16.6. The van der Waals surface area contributed by atoms with Gasteiger partial charge in [-0.1, -0.05) is 20.8 Å². The number of carbonyl (C=O) groups excluding carboxylic acids is 11. The van der Waals surface area contributed by atoms with Crippen molar-refractivity contribution < 1.29 is 66.0 Å². The first-order chi connectivity index (χ1) is 42.2. The molecule has 11 amide bonds. The molecule has 0 spiro atoms. The highest BCUT2D eigenvalue weighted by molar-refractivity contribution is 6.60. The molecule has 0 radical (unpaired) electrons. The van der Waals surface area contributed by atoms with Gasteiger partial charge in [-0.3, -0.25) is 52.7 Å². The predicted octanol–water partition coefficient (Wildman–Crippen LogP) is 1.67. The Kier molecular flexibility index (Phi) is 20.3.